The molecule has 1 saturated carbocycles. The molecule has 17 heavy (non-hydrogen) atoms. The number of amides is 2. The topological polar surface area (TPSA) is 52.6 Å². The predicted molar refractivity (Wildman–Crippen MR) is 68.9 cm³/mol. The standard InChI is InChI=1S/C13H26N2O2/c1-3-11-6-5-7-12(10-11)14-13(17)15(4-2)8-9-16/h11-12,16H,3-10H2,1-2H3,(H,14,17). The van der Waals surface area contributed by atoms with Crippen LogP contribution in [0.3, 0.4) is 0 Å². The van der Waals surface area contributed by atoms with Gasteiger partial charge in [0.05, 0.1) is 6.61 Å². The minimum atomic E-state index is -0.0247. The van der Waals surface area contributed by atoms with Gasteiger partial charge in [-0.25, -0.2) is 4.79 Å². The Balaban J connectivity index is 2.38. The first-order valence-electron chi connectivity index (χ1n) is 6.87. The maximum Gasteiger partial charge on any atom is 0.317 e. The Bertz CT molecular complexity index is 233. The lowest BCUT2D eigenvalue weighted by Crippen LogP contribution is -2.47. The van der Waals surface area contributed by atoms with E-state index < -0.39 is 0 Å². The molecular weight excluding hydrogens is 216 g/mol. The van der Waals surface area contributed by atoms with Gasteiger partial charge >= 0.3 is 6.03 Å². The lowest BCUT2D eigenvalue weighted by atomic mass is 9.84. The van der Waals surface area contributed by atoms with Gasteiger partial charge in [-0.15, -0.1) is 0 Å². The monoisotopic (exact) mass is 242 g/mol. The maximum atomic E-state index is 11.9. The summed E-state index contributed by atoms with van der Waals surface area (Å²) in [4.78, 5) is 13.6. The first-order chi connectivity index (χ1) is 8.21. The SMILES string of the molecule is CCC1CCCC(NC(=O)N(CC)CCO)C1. The van der Waals surface area contributed by atoms with E-state index in [-0.39, 0.29) is 12.6 Å². The Morgan fingerprint density at radius 2 is 2.18 bits per heavy atom. The highest BCUT2D eigenvalue weighted by atomic mass is 16.3. The fourth-order valence-electron chi connectivity index (χ4n) is 2.58. The van der Waals surface area contributed by atoms with Crippen LogP contribution in [0.25, 0.3) is 0 Å². The summed E-state index contributed by atoms with van der Waals surface area (Å²) in [6.07, 6.45) is 5.94. The summed E-state index contributed by atoms with van der Waals surface area (Å²) >= 11 is 0. The van der Waals surface area contributed by atoms with E-state index in [0.717, 1.165) is 18.8 Å². The van der Waals surface area contributed by atoms with E-state index in [9.17, 15) is 4.79 Å². The molecule has 4 nitrogen and oxygen atoms in total. The number of nitrogens with one attached hydrogen (secondary N) is 1. The first kappa shape index (κ1) is 14.3. The van der Waals surface area contributed by atoms with Crippen molar-refractivity contribution >= 4 is 6.03 Å². The fourth-order valence-corrected chi connectivity index (χ4v) is 2.58. The normalized spacial score (nSPS) is 24.4. The molecule has 4 heteroatoms. The van der Waals surface area contributed by atoms with Gasteiger partial charge in [0.1, 0.15) is 0 Å². The van der Waals surface area contributed by atoms with Crippen LogP contribution in [0, 0.1) is 5.92 Å². The zero-order valence-corrected chi connectivity index (χ0v) is 11.1. The fraction of sp³-hybridized carbons (Fsp3) is 0.923. The molecule has 0 spiro atoms. The Morgan fingerprint density at radius 1 is 1.41 bits per heavy atom. The molecule has 0 aliphatic heterocycles. The zero-order chi connectivity index (χ0) is 12.7. The van der Waals surface area contributed by atoms with E-state index in [1.165, 1.54) is 19.3 Å². The first-order valence-corrected chi connectivity index (χ1v) is 6.87. The Hall–Kier alpha value is -0.770. The average Bonchev–Trinajstić information content (AvgIpc) is 2.36. The van der Waals surface area contributed by atoms with Crippen molar-refractivity contribution in [2.45, 2.75) is 52.0 Å². The molecule has 0 bridgehead atoms. The van der Waals surface area contributed by atoms with Crippen LogP contribution in [0.4, 0.5) is 4.79 Å². The van der Waals surface area contributed by atoms with E-state index in [1.807, 2.05) is 6.92 Å². The molecule has 0 aromatic carbocycles. The van der Waals surface area contributed by atoms with Crippen molar-refractivity contribution in [2.75, 3.05) is 19.7 Å². The molecule has 2 unspecified atom stereocenters. The number of likely N-dealkylation sites (N-methyl/N-ethyl adjacent to an activating group) is 1. The summed E-state index contributed by atoms with van der Waals surface area (Å²) in [6, 6.07) is 0.303. The van der Waals surface area contributed by atoms with Crippen LogP contribution < -0.4 is 5.32 Å². The number of carbonyl (C=O) groups is 1. The van der Waals surface area contributed by atoms with Crippen LogP contribution in [0.5, 0.6) is 0 Å². The molecule has 100 valence electrons. The number of hydrogen-bond donors (Lipinski definition) is 2. The van der Waals surface area contributed by atoms with Gasteiger partial charge in [-0.05, 0) is 25.7 Å². The van der Waals surface area contributed by atoms with Crippen LogP contribution in [0.1, 0.15) is 46.0 Å². The summed E-state index contributed by atoms with van der Waals surface area (Å²) in [5.41, 5.74) is 0. The van der Waals surface area contributed by atoms with Gasteiger partial charge in [0.2, 0.25) is 0 Å². The predicted octanol–water partition coefficient (Wildman–Crippen LogP) is 1.98. The molecule has 0 aromatic rings. The summed E-state index contributed by atoms with van der Waals surface area (Å²) in [5.74, 6) is 0.766. The van der Waals surface area contributed by atoms with Crippen LogP contribution in [0.15, 0.2) is 0 Å². The minimum Gasteiger partial charge on any atom is -0.395 e. The molecule has 0 aromatic heterocycles. The van der Waals surface area contributed by atoms with Crippen molar-refractivity contribution in [2.24, 2.45) is 5.92 Å². The second-order valence-electron chi connectivity index (χ2n) is 4.89. The van der Waals surface area contributed by atoms with Crippen LogP contribution in [-0.4, -0.2) is 41.8 Å². The van der Waals surface area contributed by atoms with Gasteiger partial charge in [0.25, 0.3) is 0 Å². The molecule has 2 atom stereocenters. The van der Waals surface area contributed by atoms with E-state index in [1.54, 1.807) is 4.90 Å². The third kappa shape index (κ3) is 4.54. The summed E-state index contributed by atoms with van der Waals surface area (Å²) in [5, 5.41) is 12.0. The number of hydrogen-bond acceptors (Lipinski definition) is 2. The molecule has 1 aliphatic carbocycles. The molecule has 2 amide bonds. The summed E-state index contributed by atoms with van der Waals surface area (Å²) in [6.45, 7) is 5.26. The quantitative estimate of drug-likeness (QED) is 0.774. The highest BCUT2D eigenvalue weighted by molar-refractivity contribution is 5.74. The van der Waals surface area contributed by atoms with Crippen molar-refractivity contribution in [1.29, 1.82) is 0 Å². The highest BCUT2D eigenvalue weighted by Crippen LogP contribution is 2.26. The largest absolute Gasteiger partial charge is 0.395 e. The van der Waals surface area contributed by atoms with Gasteiger partial charge in [-0.2, -0.15) is 0 Å². The van der Waals surface area contributed by atoms with Gasteiger partial charge in [-0.3, -0.25) is 0 Å². The van der Waals surface area contributed by atoms with Crippen LogP contribution in [-0.2, 0) is 0 Å². The van der Waals surface area contributed by atoms with E-state index >= 15 is 0 Å². The molecular formula is C13H26N2O2. The molecule has 1 aliphatic rings. The number of rotatable bonds is 5. The summed E-state index contributed by atoms with van der Waals surface area (Å²) < 4.78 is 0. The lowest BCUT2D eigenvalue weighted by Gasteiger charge is -2.31. The van der Waals surface area contributed by atoms with Gasteiger partial charge < -0.3 is 15.3 Å². The lowest BCUT2D eigenvalue weighted by molar-refractivity contribution is 0.171. The van der Waals surface area contributed by atoms with Crippen molar-refractivity contribution in [3.05, 3.63) is 0 Å². The molecule has 2 N–H and O–H groups in total. The van der Waals surface area contributed by atoms with Crippen LogP contribution >= 0.6 is 0 Å². The Kier molecular flexibility index (Phi) is 6.34. The third-order valence-electron chi connectivity index (χ3n) is 3.73. The van der Waals surface area contributed by atoms with Crippen molar-refractivity contribution in [1.82, 2.24) is 10.2 Å². The number of aliphatic hydroxyl groups excluding tert-OH is 1. The minimum absolute atomic E-state index is 0.0247. The Labute approximate surface area is 104 Å². The summed E-state index contributed by atoms with van der Waals surface area (Å²) in [7, 11) is 0. The van der Waals surface area contributed by atoms with Crippen molar-refractivity contribution in [3.8, 4) is 0 Å². The molecule has 0 heterocycles. The molecule has 1 fully saturated rings. The second kappa shape index (κ2) is 7.54. The maximum absolute atomic E-state index is 11.9. The number of nitrogens with zero attached hydrogens (tertiary/aromatic N) is 1. The molecule has 1 rings (SSSR count). The van der Waals surface area contributed by atoms with E-state index in [0.29, 0.717) is 19.1 Å². The van der Waals surface area contributed by atoms with Gasteiger partial charge in [0.15, 0.2) is 0 Å². The molecule has 0 radical (unpaired) electrons. The third-order valence-corrected chi connectivity index (χ3v) is 3.73. The smallest absolute Gasteiger partial charge is 0.317 e. The zero-order valence-electron chi connectivity index (χ0n) is 11.1. The second-order valence-corrected chi connectivity index (χ2v) is 4.89. The average molecular weight is 242 g/mol. The van der Waals surface area contributed by atoms with E-state index in [4.69, 9.17) is 5.11 Å². The van der Waals surface area contributed by atoms with Gasteiger partial charge in [0, 0.05) is 19.1 Å². The highest BCUT2D eigenvalue weighted by Gasteiger charge is 2.23. The number of aliphatic hydroxyl groups is 1. The molecule has 0 saturated heterocycles. The van der Waals surface area contributed by atoms with E-state index in [2.05, 4.69) is 12.2 Å². The van der Waals surface area contributed by atoms with Crippen LogP contribution in [0.2, 0.25) is 0 Å². The number of carbonyl (C=O) groups excluding carboxylic acids is 1. The Morgan fingerprint density at radius 3 is 2.76 bits per heavy atom. The van der Waals surface area contributed by atoms with Crippen molar-refractivity contribution in [3.63, 3.8) is 0 Å². The van der Waals surface area contributed by atoms with Gasteiger partial charge in [-0.1, -0.05) is 26.2 Å². The number of urea groups is 1. The van der Waals surface area contributed by atoms with Crippen molar-refractivity contribution < 1.29 is 9.90 Å².